The summed E-state index contributed by atoms with van der Waals surface area (Å²) in [6, 6.07) is 0. The average molecular weight is 210 g/mol. The molecule has 0 fully saturated rings. The first-order valence-corrected chi connectivity index (χ1v) is 5.97. The van der Waals surface area contributed by atoms with E-state index < -0.39 is 0 Å². The van der Waals surface area contributed by atoms with E-state index in [4.69, 9.17) is 5.73 Å². The van der Waals surface area contributed by atoms with Gasteiger partial charge in [0, 0.05) is 13.0 Å². The van der Waals surface area contributed by atoms with Crippen molar-refractivity contribution in [3.63, 3.8) is 0 Å². The zero-order valence-electron chi connectivity index (χ0n) is 9.43. The number of nitrogens with one attached hydrogen (secondary N) is 1. The molecule has 0 aromatic heterocycles. The van der Waals surface area contributed by atoms with Gasteiger partial charge in [0.25, 0.3) is 0 Å². The van der Waals surface area contributed by atoms with Crippen molar-refractivity contribution in [1.29, 1.82) is 0 Å². The summed E-state index contributed by atoms with van der Waals surface area (Å²) < 4.78 is 0. The predicted molar refractivity (Wildman–Crippen MR) is 62.5 cm³/mol. The van der Waals surface area contributed by atoms with E-state index in [1.807, 2.05) is 0 Å². The van der Waals surface area contributed by atoms with Crippen LogP contribution in [0.4, 0.5) is 0 Å². The van der Waals surface area contributed by atoms with E-state index in [0.29, 0.717) is 13.0 Å². The zero-order chi connectivity index (χ0) is 10.9. The van der Waals surface area contributed by atoms with E-state index in [0.717, 1.165) is 25.8 Å². The maximum atomic E-state index is 11.3. The summed E-state index contributed by atoms with van der Waals surface area (Å²) in [5.41, 5.74) is 6.87. The molecule has 0 heterocycles. The summed E-state index contributed by atoms with van der Waals surface area (Å²) in [5.74, 6) is 0.169. The topological polar surface area (TPSA) is 55.1 Å². The highest BCUT2D eigenvalue weighted by atomic mass is 16.1. The molecule has 0 saturated heterocycles. The molecule has 0 unspecified atom stereocenters. The Bertz CT molecular complexity index is 224. The van der Waals surface area contributed by atoms with Gasteiger partial charge in [-0.1, -0.05) is 11.6 Å². The molecule has 1 aliphatic carbocycles. The lowest BCUT2D eigenvalue weighted by molar-refractivity contribution is -0.121. The molecule has 86 valence electrons. The second-order valence-corrected chi connectivity index (χ2v) is 4.10. The van der Waals surface area contributed by atoms with Crippen molar-refractivity contribution in [2.24, 2.45) is 5.73 Å². The van der Waals surface area contributed by atoms with E-state index in [-0.39, 0.29) is 5.91 Å². The maximum absolute atomic E-state index is 11.3. The zero-order valence-corrected chi connectivity index (χ0v) is 9.43. The molecule has 1 rings (SSSR count). The van der Waals surface area contributed by atoms with E-state index in [1.165, 1.54) is 24.8 Å². The quantitative estimate of drug-likeness (QED) is 0.496. The Balaban J connectivity index is 1.96. The van der Waals surface area contributed by atoms with Crippen molar-refractivity contribution in [1.82, 2.24) is 5.32 Å². The fraction of sp³-hybridized carbons (Fsp3) is 0.750. The van der Waals surface area contributed by atoms with Gasteiger partial charge in [-0.2, -0.15) is 0 Å². The van der Waals surface area contributed by atoms with E-state index in [1.54, 1.807) is 0 Å². The van der Waals surface area contributed by atoms with E-state index in [9.17, 15) is 4.79 Å². The number of hydrogen-bond acceptors (Lipinski definition) is 2. The highest BCUT2D eigenvalue weighted by Crippen LogP contribution is 2.19. The molecule has 0 bridgehead atoms. The van der Waals surface area contributed by atoms with Gasteiger partial charge in [0.1, 0.15) is 0 Å². The highest BCUT2D eigenvalue weighted by Gasteiger charge is 2.05. The van der Waals surface area contributed by atoms with Crippen molar-refractivity contribution in [3.8, 4) is 0 Å². The number of rotatable bonds is 7. The van der Waals surface area contributed by atoms with Crippen LogP contribution >= 0.6 is 0 Å². The number of carbonyl (C=O) groups excluding carboxylic acids is 1. The van der Waals surface area contributed by atoms with Crippen LogP contribution in [0.1, 0.15) is 44.9 Å². The molecule has 0 aliphatic heterocycles. The standard InChI is InChI=1S/C12H22N2O/c13-9-4-3-7-12(15)14-10-8-11-5-1-2-6-11/h5H,1-4,6-10,13H2,(H,14,15). The number of allylic oxidation sites excluding steroid dienone is 1. The number of unbranched alkanes of at least 4 members (excludes halogenated alkanes) is 1. The smallest absolute Gasteiger partial charge is 0.220 e. The molecule has 0 aromatic carbocycles. The molecule has 0 atom stereocenters. The lowest BCUT2D eigenvalue weighted by atomic mass is 10.1. The van der Waals surface area contributed by atoms with Crippen molar-refractivity contribution in [2.75, 3.05) is 13.1 Å². The second-order valence-electron chi connectivity index (χ2n) is 4.10. The Morgan fingerprint density at radius 3 is 3.00 bits per heavy atom. The third kappa shape index (κ3) is 5.57. The molecule has 0 radical (unpaired) electrons. The molecule has 0 aromatic rings. The van der Waals surface area contributed by atoms with Gasteiger partial charge < -0.3 is 11.1 Å². The SMILES string of the molecule is NCCCCC(=O)NCCC1=CCCC1. The van der Waals surface area contributed by atoms with Crippen LogP contribution < -0.4 is 11.1 Å². The van der Waals surface area contributed by atoms with Gasteiger partial charge in [0.05, 0.1) is 0 Å². The van der Waals surface area contributed by atoms with Crippen molar-refractivity contribution < 1.29 is 4.79 Å². The molecule has 3 heteroatoms. The van der Waals surface area contributed by atoms with Gasteiger partial charge in [-0.05, 0) is 45.1 Å². The van der Waals surface area contributed by atoms with Gasteiger partial charge in [-0.15, -0.1) is 0 Å². The highest BCUT2D eigenvalue weighted by molar-refractivity contribution is 5.75. The molecule has 0 spiro atoms. The third-order valence-electron chi connectivity index (χ3n) is 2.76. The van der Waals surface area contributed by atoms with Gasteiger partial charge in [0.15, 0.2) is 0 Å². The summed E-state index contributed by atoms with van der Waals surface area (Å²) in [6.45, 7) is 1.48. The monoisotopic (exact) mass is 210 g/mol. The van der Waals surface area contributed by atoms with Gasteiger partial charge in [-0.3, -0.25) is 4.79 Å². The summed E-state index contributed by atoms with van der Waals surface area (Å²) in [5, 5.41) is 2.95. The van der Waals surface area contributed by atoms with Crippen LogP contribution in [0.25, 0.3) is 0 Å². The van der Waals surface area contributed by atoms with Crippen molar-refractivity contribution in [3.05, 3.63) is 11.6 Å². The molecule has 1 aliphatic rings. The van der Waals surface area contributed by atoms with Crippen LogP contribution in [0.5, 0.6) is 0 Å². The fourth-order valence-corrected chi connectivity index (χ4v) is 1.85. The Kier molecular flexibility index (Phi) is 6.09. The Labute approximate surface area is 92.1 Å². The van der Waals surface area contributed by atoms with Gasteiger partial charge >= 0.3 is 0 Å². The minimum absolute atomic E-state index is 0.169. The Morgan fingerprint density at radius 1 is 1.47 bits per heavy atom. The lowest BCUT2D eigenvalue weighted by Crippen LogP contribution is -2.24. The average Bonchev–Trinajstić information content (AvgIpc) is 2.71. The Hall–Kier alpha value is -0.830. The summed E-state index contributed by atoms with van der Waals surface area (Å²) in [7, 11) is 0. The first kappa shape index (κ1) is 12.2. The summed E-state index contributed by atoms with van der Waals surface area (Å²) in [4.78, 5) is 11.3. The summed E-state index contributed by atoms with van der Waals surface area (Å²) >= 11 is 0. The van der Waals surface area contributed by atoms with E-state index in [2.05, 4.69) is 11.4 Å². The molecule has 15 heavy (non-hydrogen) atoms. The largest absolute Gasteiger partial charge is 0.356 e. The van der Waals surface area contributed by atoms with Crippen LogP contribution in [-0.4, -0.2) is 19.0 Å². The van der Waals surface area contributed by atoms with Gasteiger partial charge in [-0.25, -0.2) is 0 Å². The minimum atomic E-state index is 0.169. The second kappa shape index (κ2) is 7.46. The van der Waals surface area contributed by atoms with Crippen LogP contribution in [-0.2, 0) is 4.79 Å². The first-order valence-electron chi connectivity index (χ1n) is 5.97. The predicted octanol–water partition coefficient (Wildman–Crippen LogP) is 1.73. The normalized spacial score (nSPS) is 15.1. The molecule has 0 saturated carbocycles. The first-order chi connectivity index (χ1) is 7.33. The van der Waals surface area contributed by atoms with Crippen LogP contribution in [0.15, 0.2) is 11.6 Å². The number of carbonyl (C=O) groups is 1. The number of hydrogen-bond donors (Lipinski definition) is 2. The van der Waals surface area contributed by atoms with E-state index >= 15 is 0 Å². The molecular formula is C12H22N2O. The number of nitrogens with two attached hydrogens (primary N) is 1. The molecular weight excluding hydrogens is 188 g/mol. The minimum Gasteiger partial charge on any atom is -0.356 e. The van der Waals surface area contributed by atoms with Crippen molar-refractivity contribution >= 4 is 5.91 Å². The molecule has 3 nitrogen and oxygen atoms in total. The van der Waals surface area contributed by atoms with Crippen LogP contribution in [0.3, 0.4) is 0 Å². The Morgan fingerprint density at radius 2 is 2.33 bits per heavy atom. The number of amides is 1. The lowest BCUT2D eigenvalue weighted by Gasteiger charge is -2.05. The molecule has 1 amide bonds. The van der Waals surface area contributed by atoms with Gasteiger partial charge in [0.2, 0.25) is 5.91 Å². The fourth-order valence-electron chi connectivity index (χ4n) is 1.85. The molecule has 3 N–H and O–H groups in total. The third-order valence-corrected chi connectivity index (χ3v) is 2.76. The van der Waals surface area contributed by atoms with Crippen LogP contribution in [0.2, 0.25) is 0 Å². The summed E-state index contributed by atoms with van der Waals surface area (Å²) in [6.07, 6.45) is 9.55. The van der Waals surface area contributed by atoms with Crippen molar-refractivity contribution in [2.45, 2.75) is 44.9 Å². The van der Waals surface area contributed by atoms with Crippen LogP contribution in [0, 0.1) is 0 Å². The maximum Gasteiger partial charge on any atom is 0.220 e.